The largest absolute Gasteiger partial charge is 0.497 e. The number of benzene rings is 3. The van der Waals surface area contributed by atoms with Gasteiger partial charge in [-0.05, 0) is 80.4 Å². The van der Waals surface area contributed by atoms with E-state index >= 15 is 0 Å². The molecular weight excluding hydrogens is 442 g/mol. The summed E-state index contributed by atoms with van der Waals surface area (Å²) in [4.78, 5) is 2.59. The van der Waals surface area contributed by atoms with Crippen LogP contribution in [0.15, 0.2) is 84.9 Å². The Morgan fingerprint density at radius 3 is 2.29 bits per heavy atom. The lowest BCUT2D eigenvalue weighted by molar-refractivity contribution is 0.212. The van der Waals surface area contributed by atoms with Gasteiger partial charge in [-0.15, -0.1) is 0 Å². The van der Waals surface area contributed by atoms with Crippen molar-refractivity contribution in [2.45, 2.75) is 25.2 Å². The maximum Gasteiger partial charge on any atom is 0.119 e. The molecule has 0 aliphatic carbocycles. The Morgan fingerprint density at radius 1 is 0.912 bits per heavy atom. The van der Waals surface area contributed by atoms with Crippen LogP contribution in [0.4, 0.5) is 0 Å². The Labute approximate surface area is 206 Å². The van der Waals surface area contributed by atoms with Crippen molar-refractivity contribution in [2.24, 2.45) is 0 Å². The molecule has 1 fully saturated rings. The minimum absolute atomic E-state index is 0.476. The summed E-state index contributed by atoms with van der Waals surface area (Å²) in [5.74, 6) is 1.32. The van der Waals surface area contributed by atoms with E-state index in [-0.39, 0.29) is 0 Å². The summed E-state index contributed by atoms with van der Waals surface area (Å²) in [5, 5.41) is 5.76. The fourth-order valence-electron chi connectivity index (χ4n) is 4.76. The minimum Gasteiger partial charge on any atom is -0.497 e. The van der Waals surface area contributed by atoms with Gasteiger partial charge in [0.15, 0.2) is 0 Å². The highest BCUT2D eigenvalue weighted by Crippen LogP contribution is 2.33. The van der Waals surface area contributed by atoms with Crippen molar-refractivity contribution in [3.63, 3.8) is 0 Å². The molecule has 0 spiro atoms. The van der Waals surface area contributed by atoms with Crippen LogP contribution in [0, 0.1) is 0 Å². The number of nitrogens with zero attached hydrogens (tertiary/aromatic N) is 3. The molecule has 4 nitrogen and oxygen atoms in total. The van der Waals surface area contributed by atoms with Gasteiger partial charge in [0.2, 0.25) is 0 Å². The van der Waals surface area contributed by atoms with E-state index in [0.29, 0.717) is 5.92 Å². The average Bonchev–Trinajstić information content (AvgIpc) is 3.34. The highest BCUT2D eigenvalue weighted by molar-refractivity contribution is 6.30. The second kappa shape index (κ2) is 10.5. The predicted molar refractivity (Wildman–Crippen MR) is 139 cm³/mol. The Balaban J connectivity index is 1.36. The molecule has 5 heteroatoms. The van der Waals surface area contributed by atoms with E-state index in [0.717, 1.165) is 66.6 Å². The third kappa shape index (κ3) is 5.19. The summed E-state index contributed by atoms with van der Waals surface area (Å²) in [7, 11) is 1.69. The van der Waals surface area contributed by atoms with Gasteiger partial charge in [-0.25, -0.2) is 4.68 Å². The van der Waals surface area contributed by atoms with Crippen molar-refractivity contribution >= 4 is 11.6 Å². The Morgan fingerprint density at radius 2 is 1.62 bits per heavy atom. The molecule has 0 amide bonds. The smallest absolute Gasteiger partial charge is 0.119 e. The second-order valence-corrected chi connectivity index (χ2v) is 9.36. The van der Waals surface area contributed by atoms with E-state index in [1.807, 2.05) is 36.4 Å². The van der Waals surface area contributed by atoms with Crippen molar-refractivity contribution in [1.82, 2.24) is 14.7 Å². The Bertz CT molecular complexity index is 1190. The maximum atomic E-state index is 6.12. The molecule has 1 aromatic heterocycles. The third-order valence-electron chi connectivity index (χ3n) is 6.76. The molecular formula is C29H30ClN3O. The average molecular weight is 472 g/mol. The van der Waals surface area contributed by atoms with E-state index in [1.54, 1.807) is 7.11 Å². The first-order valence-corrected chi connectivity index (χ1v) is 12.3. The van der Waals surface area contributed by atoms with E-state index in [9.17, 15) is 0 Å². The minimum atomic E-state index is 0.476. The van der Waals surface area contributed by atoms with Crippen molar-refractivity contribution in [3.05, 3.63) is 101 Å². The first-order chi connectivity index (χ1) is 16.7. The monoisotopic (exact) mass is 471 g/mol. The zero-order chi connectivity index (χ0) is 23.3. The highest BCUT2D eigenvalue weighted by Gasteiger charge is 2.25. The number of aromatic nitrogens is 2. The number of rotatable bonds is 7. The lowest BCUT2D eigenvalue weighted by atomic mass is 9.92. The number of piperidine rings is 1. The molecule has 0 bridgehead atoms. The molecule has 2 heterocycles. The summed E-state index contributed by atoms with van der Waals surface area (Å²) in [6.45, 7) is 3.34. The Kier molecular flexibility index (Phi) is 6.98. The van der Waals surface area contributed by atoms with Gasteiger partial charge in [0, 0.05) is 28.7 Å². The lowest BCUT2D eigenvalue weighted by Crippen LogP contribution is -2.34. The zero-order valence-corrected chi connectivity index (χ0v) is 20.3. The van der Waals surface area contributed by atoms with Crippen LogP contribution in [0.5, 0.6) is 5.75 Å². The number of likely N-dealkylation sites (tertiary alicyclic amines) is 1. The molecule has 3 aromatic carbocycles. The van der Waals surface area contributed by atoms with Crippen LogP contribution in [-0.4, -0.2) is 41.4 Å². The van der Waals surface area contributed by atoms with Crippen molar-refractivity contribution in [1.29, 1.82) is 0 Å². The van der Waals surface area contributed by atoms with Gasteiger partial charge in [0.05, 0.1) is 18.5 Å². The first-order valence-electron chi connectivity index (χ1n) is 12.0. The molecule has 5 rings (SSSR count). The van der Waals surface area contributed by atoms with Gasteiger partial charge in [-0.2, -0.15) is 5.10 Å². The molecule has 4 aromatic rings. The van der Waals surface area contributed by atoms with Crippen LogP contribution in [0.3, 0.4) is 0 Å². The van der Waals surface area contributed by atoms with Crippen LogP contribution in [0.2, 0.25) is 5.02 Å². The van der Waals surface area contributed by atoms with Crippen molar-refractivity contribution < 1.29 is 4.74 Å². The van der Waals surface area contributed by atoms with Gasteiger partial charge in [-0.1, -0.05) is 54.1 Å². The van der Waals surface area contributed by atoms with Gasteiger partial charge in [-0.3, -0.25) is 0 Å². The Hall–Kier alpha value is -3.08. The summed E-state index contributed by atoms with van der Waals surface area (Å²) in [6.07, 6.45) is 3.38. The molecule has 174 valence electrons. The quantitative estimate of drug-likeness (QED) is 0.303. The topological polar surface area (TPSA) is 30.3 Å². The molecule has 0 atom stereocenters. The second-order valence-electron chi connectivity index (χ2n) is 8.92. The summed E-state index contributed by atoms with van der Waals surface area (Å²) < 4.78 is 7.48. The zero-order valence-electron chi connectivity index (χ0n) is 19.5. The lowest BCUT2D eigenvalue weighted by Gasteiger charge is -2.32. The van der Waals surface area contributed by atoms with Crippen LogP contribution in [-0.2, 0) is 6.42 Å². The van der Waals surface area contributed by atoms with Crippen LogP contribution < -0.4 is 4.74 Å². The highest BCUT2D eigenvalue weighted by atomic mass is 35.5. The van der Waals surface area contributed by atoms with Gasteiger partial charge < -0.3 is 9.64 Å². The van der Waals surface area contributed by atoms with E-state index in [1.165, 1.54) is 11.3 Å². The SMILES string of the molecule is COc1ccc(-n2nc(-c3ccc(Cl)cc3)cc2C2CCN(CCc3ccccc3)CC2)cc1. The van der Waals surface area contributed by atoms with Crippen molar-refractivity contribution in [3.8, 4) is 22.7 Å². The van der Waals surface area contributed by atoms with Crippen LogP contribution in [0.25, 0.3) is 16.9 Å². The van der Waals surface area contributed by atoms with E-state index in [4.69, 9.17) is 21.4 Å². The van der Waals surface area contributed by atoms with Crippen molar-refractivity contribution in [2.75, 3.05) is 26.7 Å². The van der Waals surface area contributed by atoms with Gasteiger partial charge >= 0.3 is 0 Å². The summed E-state index contributed by atoms with van der Waals surface area (Å²) in [5.41, 5.74) is 5.81. The number of methoxy groups -OCH3 is 1. The van der Waals surface area contributed by atoms with Gasteiger partial charge in [0.1, 0.15) is 5.75 Å². The first kappa shape index (κ1) is 22.7. The molecule has 0 radical (unpaired) electrons. The fourth-order valence-corrected chi connectivity index (χ4v) is 4.89. The number of halogens is 1. The maximum absolute atomic E-state index is 6.12. The van der Waals surface area contributed by atoms with E-state index in [2.05, 4.69) is 58.1 Å². The molecule has 1 aliphatic rings. The molecule has 34 heavy (non-hydrogen) atoms. The summed E-state index contributed by atoms with van der Waals surface area (Å²) >= 11 is 6.12. The molecule has 1 aliphatic heterocycles. The predicted octanol–water partition coefficient (Wildman–Crippen LogP) is 6.62. The number of ether oxygens (including phenoxy) is 1. The standard InChI is InChI=1S/C29H30ClN3O/c1-34-27-13-11-26(12-14-27)33-29(21-28(31-33)23-7-9-25(30)10-8-23)24-16-19-32(20-17-24)18-15-22-5-3-2-4-6-22/h2-14,21,24H,15-20H2,1H3. The normalized spacial score (nSPS) is 14.9. The van der Waals surface area contributed by atoms with Crippen LogP contribution >= 0.6 is 11.6 Å². The number of hydrogen-bond acceptors (Lipinski definition) is 3. The van der Waals surface area contributed by atoms with E-state index < -0.39 is 0 Å². The molecule has 0 saturated carbocycles. The third-order valence-corrected chi connectivity index (χ3v) is 7.01. The van der Waals surface area contributed by atoms with Crippen LogP contribution in [0.1, 0.15) is 30.0 Å². The molecule has 1 saturated heterocycles. The molecule has 0 unspecified atom stereocenters. The molecule has 0 N–H and O–H groups in total. The fraction of sp³-hybridized carbons (Fsp3) is 0.276. The number of hydrogen-bond donors (Lipinski definition) is 0. The van der Waals surface area contributed by atoms with Gasteiger partial charge in [0.25, 0.3) is 0 Å². The summed E-state index contributed by atoms with van der Waals surface area (Å²) in [6, 6.07) is 29.1.